The van der Waals surface area contributed by atoms with Crippen LogP contribution in [0.3, 0.4) is 0 Å². The zero-order valence-corrected chi connectivity index (χ0v) is 7.43. The number of rotatable bonds is 6. The van der Waals surface area contributed by atoms with Crippen LogP contribution in [0.2, 0.25) is 0 Å². The molecule has 1 atom stereocenters. The Labute approximate surface area is 76.3 Å². The van der Waals surface area contributed by atoms with Gasteiger partial charge in [-0.25, -0.2) is 0 Å². The molecule has 74 valence electrons. The maximum Gasteiger partial charge on any atom is 0.317 e. The molecule has 0 aromatic carbocycles. The predicted molar refractivity (Wildman–Crippen MR) is 46.5 cm³/mol. The van der Waals surface area contributed by atoms with Gasteiger partial charge < -0.3 is 10.2 Å². The first-order chi connectivity index (χ1) is 5.97. The van der Waals surface area contributed by atoms with Gasteiger partial charge in [-0.1, -0.05) is 6.08 Å². The molecule has 0 radical (unpaired) electrons. The van der Waals surface area contributed by atoms with Crippen LogP contribution in [0.15, 0.2) is 12.7 Å². The highest BCUT2D eigenvalue weighted by molar-refractivity contribution is 5.72. The second kappa shape index (κ2) is 5.31. The Kier molecular flexibility index (Phi) is 4.76. The van der Waals surface area contributed by atoms with Crippen molar-refractivity contribution < 1.29 is 19.8 Å². The molecule has 0 amide bonds. The summed E-state index contributed by atoms with van der Waals surface area (Å²) >= 11 is 0. The lowest BCUT2D eigenvalue weighted by molar-refractivity contribution is -0.142. The molecule has 0 aliphatic heterocycles. The quantitative estimate of drug-likeness (QED) is 0.574. The third-order valence-corrected chi connectivity index (χ3v) is 1.59. The van der Waals surface area contributed by atoms with E-state index in [1.807, 2.05) is 0 Å². The van der Waals surface area contributed by atoms with Crippen LogP contribution in [0.5, 0.6) is 0 Å². The van der Waals surface area contributed by atoms with E-state index in [4.69, 9.17) is 10.2 Å². The van der Waals surface area contributed by atoms with Gasteiger partial charge in [0.15, 0.2) is 0 Å². The second-order valence-electron chi connectivity index (χ2n) is 2.67. The normalized spacial score (nSPS) is 12.5. The maximum absolute atomic E-state index is 10.3. The summed E-state index contributed by atoms with van der Waals surface area (Å²) in [5.41, 5.74) is 0. The molecule has 0 aromatic rings. The lowest BCUT2D eigenvalue weighted by atomic mass is 10.3. The largest absolute Gasteiger partial charge is 0.480 e. The maximum atomic E-state index is 10.3. The van der Waals surface area contributed by atoms with Gasteiger partial charge in [-0.2, -0.15) is 0 Å². The number of carboxylic acid groups (broad SMARTS) is 2. The van der Waals surface area contributed by atoms with Crippen molar-refractivity contribution in [2.45, 2.75) is 13.0 Å². The van der Waals surface area contributed by atoms with Crippen molar-refractivity contribution in [1.29, 1.82) is 0 Å². The summed E-state index contributed by atoms with van der Waals surface area (Å²) in [4.78, 5) is 22.0. The average molecular weight is 187 g/mol. The Bertz CT molecular complexity index is 198. The molecule has 13 heavy (non-hydrogen) atoms. The van der Waals surface area contributed by atoms with E-state index in [0.29, 0.717) is 0 Å². The van der Waals surface area contributed by atoms with Crippen molar-refractivity contribution in [2.24, 2.45) is 0 Å². The summed E-state index contributed by atoms with van der Waals surface area (Å²) in [7, 11) is 0. The second-order valence-corrected chi connectivity index (χ2v) is 2.67. The highest BCUT2D eigenvalue weighted by Gasteiger charge is 2.16. The van der Waals surface area contributed by atoms with E-state index in [9.17, 15) is 9.59 Å². The molecule has 2 N–H and O–H groups in total. The zero-order valence-electron chi connectivity index (χ0n) is 7.43. The lowest BCUT2D eigenvalue weighted by Crippen LogP contribution is -2.39. The molecule has 0 aliphatic rings. The molecule has 5 heteroatoms. The molecule has 5 nitrogen and oxygen atoms in total. The summed E-state index contributed by atoms with van der Waals surface area (Å²) in [5.74, 6) is -2.09. The molecule has 0 bridgehead atoms. The third kappa shape index (κ3) is 4.97. The van der Waals surface area contributed by atoms with E-state index < -0.39 is 11.9 Å². The summed E-state index contributed by atoms with van der Waals surface area (Å²) in [5, 5.41) is 16.9. The van der Waals surface area contributed by atoms with Crippen molar-refractivity contribution in [3.8, 4) is 0 Å². The van der Waals surface area contributed by atoms with Crippen LogP contribution in [0, 0.1) is 0 Å². The van der Waals surface area contributed by atoms with Gasteiger partial charge in [-0.3, -0.25) is 14.5 Å². The lowest BCUT2D eigenvalue weighted by Gasteiger charge is -2.22. The Morgan fingerprint density at radius 3 is 2.00 bits per heavy atom. The van der Waals surface area contributed by atoms with Crippen LogP contribution in [0.4, 0.5) is 0 Å². The standard InChI is InChI=1S/C8H13NO4/c1-3-6(2)9(4-7(10)11)5-8(12)13/h3,6H,1,4-5H2,2H3,(H,10,11)(H,12,13). The fourth-order valence-corrected chi connectivity index (χ4v) is 0.840. The van der Waals surface area contributed by atoms with E-state index in [-0.39, 0.29) is 19.1 Å². The van der Waals surface area contributed by atoms with Gasteiger partial charge in [-0.15, -0.1) is 6.58 Å². The van der Waals surface area contributed by atoms with Crippen molar-refractivity contribution in [3.63, 3.8) is 0 Å². The van der Waals surface area contributed by atoms with Crippen LogP contribution in [0.25, 0.3) is 0 Å². The van der Waals surface area contributed by atoms with Crippen LogP contribution in [-0.4, -0.2) is 46.2 Å². The molecule has 0 spiro atoms. The smallest absolute Gasteiger partial charge is 0.317 e. The first-order valence-electron chi connectivity index (χ1n) is 3.77. The molecule has 0 aromatic heterocycles. The van der Waals surface area contributed by atoms with Gasteiger partial charge in [0.1, 0.15) is 0 Å². The summed E-state index contributed by atoms with van der Waals surface area (Å²) in [6.07, 6.45) is 1.51. The highest BCUT2D eigenvalue weighted by Crippen LogP contribution is 1.98. The van der Waals surface area contributed by atoms with Crippen LogP contribution in [-0.2, 0) is 9.59 Å². The Balaban J connectivity index is 4.25. The average Bonchev–Trinajstić information content (AvgIpc) is 2.00. The number of nitrogens with zero attached hydrogens (tertiary/aromatic N) is 1. The van der Waals surface area contributed by atoms with E-state index in [2.05, 4.69) is 6.58 Å². The van der Waals surface area contributed by atoms with Gasteiger partial charge in [0.2, 0.25) is 0 Å². The number of aliphatic carboxylic acids is 2. The van der Waals surface area contributed by atoms with Crippen LogP contribution < -0.4 is 0 Å². The summed E-state index contributed by atoms with van der Waals surface area (Å²) in [6.45, 7) is 4.58. The van der Waals surface area contributed by atoms with Crippen LogP contribution >= 0.6 is 0 Å². The molecule has 0 aliphatic carbocycles. The van der Waals surface area contributed by atoms with Crippen molar-refractivity contribution >= 4 is 11.9 Å². The third-order valence-electron chi connectivity index (χ3n) is 1.59. The van der Waals surface area contributed by atoms with E-state index in [1.165, 1.54) is 11.0 Å². The monoisotopic (exact) mass is 187 g/mol. The van der Waals surface area contributed by atoms with E-state index in [1.54, 1.807) is 6.92 Å². The van der Waals surface area contributed by atoms with Gasteiger partial charge in [0.05, 0.1) is 13.1 Å². The number of hydrogen-bond acceptors (Lipinski definition) is 3. The Morgan fingerprint density at radius 2 is 1.77 bits per heavy atom. The van der Waals surface area contributed by atoms with E-state index in [0.717, 1.165) is 0 Å². The van der Waals surface area contributed by atoms with Crippen molar-refractivity contribution in [1.82, 2.24) is 4.90 Å². The van der Waals surface area contributed by atoms with Crippen molar-refractivity contribution in [3.05, 3.63) is 12.7 Å². The first kappa shape index (κ1) is 11.6. The predicted octanol–water partition coefficient (Wildman–Crippen LogP) is 0.0321. The fraction of sp³-hybridized carbons (Fsp3) is 0.500. The molecule has 0 rings (SSSR count). The molecular weight excluding hydrogens is 174 g/mol. The highest BCUT2D eigenvalue weighted by atomic mass is 16.4. The van der Waals surface area contributed by atoms with Gasteiger partial charge >= 0.3 is 11.9 Å². The van der Waals surface area contributed by atoms with Gasteiger partial charge in [0.25, 0.3) is 0 Å². The van der Waals surface area contributed by atoms with E-state index >= 15 is 0 Å². The number of hydrogen-bond donors (Lipinski definition) is 2. The molecule has 1 unspecified atom stereocenters. The zero-order chi connectivity index (χ0) is 10.4. The van der Waals surface area contributed by atoms with Gasteiger partial charge in [0, 0.05) is 6.04 Å². The fourth-order valence-electron chi connectivity index (χ4n) is 0.840. The Hall–Kier alpha value is -1.36. The first-order valence-corrected chi connectivity index (χ1v) is 3.77. The topological polar surface area (TPSA) is 77.8 Å². The SMILES string of the molecule is C=CC(C)N(CC(=O)O)CC(=O)O. The number of carboxylic acids is 2. The minimum Gasteiger partial charge on any atom is -0.480 e. The van der Waals surface area contributed by atoms with Crippen molar-refractivity contribution in [2.75, 3.05) is 13.1 Å². The number of carbonyl (C=O) groups is 2. The summed E-state index contributed by atoms with van der Waals surface area (Å²) < 4.78 is 0. The summed E-state index contributed by atoms with van der Waals surface area (Å²) in [6, 6.07) is -0.257. The minimum absolute atomic E-state index is 0.257. The Morgan fingerprint density at radius 1 is 1.38 bits per heavy atom. The molecule has 0 saturated carbocycles. The van der Waals surface area contributed by atoms with Crippen LogP contribution in [0.1, 0.15) is 6.92 Å². The molecular formula is C8H13NO4. The molecule has 0 heterocycles. The minimum atomic E-state index is -1.05. The molecule has 0 fully saturated rings. The van der Waals surface area contributed by atoms with Gasteiger partial charge in [-0.05, 0) is 6.92 Å². The molecule has 0 saturated heterocycles.